The highest BCUT2D eigenvalue weighted by atomic mass is 35.5. The molecule has 1 aliphatic heterocycles. The first-order chi connectivity index (χ1) is 16.5. The van der Waals surface area contributed by atoms with E-state index in [1.807, 2.05) is 31.7 Å². The molecule has 1 saturated heterocycles. The molecular formula is C24H28Cl2N6O3. The van der Waals surface area contributed by atoms with Crippen LogP contribution in [0, 0.1) is 0 Å². The first kappa shape index (κ1) is 25.2. The van der Waals surface area contributed by atoms with Crippen LogP contribution in [0.4, 0.5) is 10.6 Å². The van der Waals surface area contributed by atoms with Gasteiger partial charge in [0, 0.05) is 31.9 Å². The summed E-state index contributed by atoms with van der Waals surface area (Å²) in [4.78, 5) is 42.1. The molecular weight excluding hydrogens is 491 g/mol. The summed E-state index contributed by atoms with van der Waals surface area (Å²) in [5, 5.41) is 10.3. The number of carboxylic acid groups (broad SMARTS) is 1. The van der Waals surface area contributed by atoms with Crippen molar-refractivity contribution in [2.75, 3.05) is 24.5 Å². The fourth-order valence-electron chi connectivity index (χ4n) is 4.57. The molecule has 1 N–H and O–H groups in total. The van der Waals surface area contributed by atoms with E-state index in [1.165, 1.54) is 9.47 Å². The van der Waals surface area contributed by atoms with Crippen LogP contribution < -0.4 is 10.6 Å². The number of rotatable bonds is 4. The van der Waals surface area contributed by atoms with Gasteiger partial charge in [0.25, 0.3) is 0 Å². The lowest BCUT2D eigenvalue weighted by Crippen LogP contribution is -2.54. The highest BCUT2D eigenvalue weighted by Crippen LogP contribution is 2.35. The molecule has 0 radical (unpaired) electrons. The van der Waals surface area contributed by atoms with Crippen LogP contribution in [0.3, 0.4) is 0 Å². The first-order valence-electron chi connectivity index (χ1n) is 11.5. The summed E-state index contributed by atoms with van der Waals surface area (Å²) >= 11 is 12.7. The Bertz CT molecular complexity index is 1330. The second kappa shape index (κ2) is 9.62. The van der Waals surface area contributed by atoms with E-state index < -0.39 is 11.8 Å². The van der Waals surface area contributed by atoms with Crippen molar-refractivity contribution in [3.63, 3.8) is 0 Å². The van der Waals surface area contributed by atoms with Gasteiger partial charge in [-0.05, 0) is 36.5 Å². The summed E-state index contributed by atoms with van der Waals surface area (Å²) in [7, 11) is 0. The largest absolute Gasteiger partial charge is 0.465 e. The van der Waals surface area contributed by atoms with Gasteiger partial charge < -0.3 is 14.9 Å². The molecule has 35 heavy (non-hydrogen) atoms. The van der Waals surface area contributed by atoms with Gasteiger partial charge in [0.15, 0.2) is 5.65 Å². The van der Waals surface area contributed by atoms with Gasteiger partial charge in [-0.2, -0.15) is 4.98 Å². The number of carbonyl (C=O) groups is 1. The first-order valence-corrected chi connectivity index (χ1v) is 12.3. The lowest BCUT2D eigenvalue weighted by molar-refractivity contribution is 0.136. The van der Waals surface area contributed by atoms with E-state index in [9.17, 15) is 14.7 Å². The molecule has 1 amide bonds. The third kappa shape index (κ3) is 4.54. The summed E-state index contributed by atoms with van der Waals surface area (Å²) < 4.78 is 1.48. The number of nitrogens with zero attached hydrogens (tertiary/aromatic N) is 6. The molecule has 1 aliphatic rings. The third-order valence-electron chi connectivity index (χ3n) is 6.30. The SMILES string of the molecule is CC(C)c1ccnc(C(C)C)c1-n1c(=O)nc(N2CCN(C(=O)O)CC2C)c2cc(Cl)c(Cl)nc21. The maximum absolute atomic E-state index is 13.7. The maximum atomic E-state index is 13.7. The molecule has 4 rings (SSSR count). The van der Waals surface area contributed by atoms with E-state index in [1.54, 1.807) is 12.3 Å². The number of piperazine rings is 1. The van der Waals surface area contributed by atoms with E-state index in [-0.39, 0.29) is 41.1 Å². The molecule has 3 aromatic heterocycles. The fraction of sp³-hybridized carbons (Fsp3) is 0.458. The van der Waals surface area contributed by atoms with Gasteiger partial charge >= 0.3 is 11.8 Å². The Morgan fingerprint density at radius 3 is 2.46 bits per heavy atom. The van der Waals surface area contributed by atoms with E-state index in [2.05, 4.69) is 28.8 Å². The van der Waals surface area contributed by atoms with Crippen molar-refractivity contribution in [2.24, 2.45) is 0 Å². The van der Waals surface area contributed by atoms with Crippen molar-refractivity contribution in [2.45, 2.75) is 52.5 Å². The molecule has 1 fully saturated rings. The molecule has 9 nitrogen and oxygen atoms in total. The molecule has 0 aliphatic carbocycles. The Hall–Kier alpha value is -2.91. The molecule has 0 bridgehead atoms. The standard InChI is InChI=1S/C24H28Cl2N6O3/c1-12(2)15-6-7-27-18(13(3)4)19(15)32-22-16(10-17(25)20(26)28-22)21(29-23(32)33)31-9-8-30(24(34)35)11-14(31)5/h6-7,10,12-14H,8-9,11H2,1-5H3,(H,34,35). The zero-order chi connectivity index (χ0) is 25.6. The monoisotopic (exact) mass is 518 g/mol. The molecule has 1 unspecified atom stereocenters. The van der Waals surface area contributed by atoms with Crippen LogP contribution in [0.15, 0.2) is 23.1 Å². The van der Waals surface area contributed by atoms with Crippen LogP contribution in [0.2, 0.25) is 10.2 Å². The van der Waals surface area contributed by atoms with Crippen molar-refractivity contribution < 1.29 is 9.90 Å². The van der Waals surface area contributed by atoms with Crippen molar-refractivity contribution in [1.82, 2.24) is 24.4 Å². The summed E-state index contributed by atoms with van der Waals surface area (Å²) in [6.45, 7) is 11.0. The van der Waals surface area contributed by atoms with E-state index in [0.717, 1.165) is 11.3 Å². The quantitative estimate of drug-likeness (QED) is 0.488. The Morgan fingerprint density at radius 1 is 1.14 bits per heavy atom. The lowest BCUT2D eigenvalue weighted by atomic mass is 9.97. The second-order valence-corrected chi connectivity index (χ2v) is 10.2. The number of halogens is 2. The van der Waals surface area contributed by atoms with Crippen molar-refractivity contribution in [3.8, 4) is 5.69 Å². The van der Waals surface area contributed by atoms with Crippen LogP contribution in [0.25, 0.3) is 16.7 Å². The number of anilines is 1. The van der Waals surface area contributed by atoms with Gasteiger partial charge in [-0.3, -0.25) is 4.98 Å². The number of amides is 1. The zero-order valence-electron chi connectivity index (χ0n) is 20.3. The Balaban J connectivity index is 2.03. The molecule has 1 atom stereocenters. The third-order valence-corrected chi connectivity index (χ3v) is 6.98. The molecule has 0 aromatic carbocycles. The summed E-state index contributed by atoms with van der Waals surface area (Å²) in [6, 6.07) is 3.36. The number of hydrogen-bond acceptors (Lipinski definition) is 6. The van der Waals surface area contributed by atoms with E-state index in [4.69, 9.17) is 23.2 Å². The minimum Gasteiger partial charge on any atom is -0.465 e. The van der Waals surface area contributed by atoms with E-state index in [0.29, 0.717) is 29.1 Å². The van der Waals surface area contributed by atoms with E-state index >= 15 is 0 Å². The normalized spacial score (nSPS) is 16.5. The van der Waals surface area contributed by atoms with Crippen LogP contribution in [-0.4, -0.2) is 61.3 Å². The minimum atomic E-state index is -0.972. The summed E-state index contributed by atoms with van der Waals surface area (Å²) in [6.07, 6.45) is 0.782. The number of fused-ring (bicyclic) bond motifs is 1. The average molecular weight is 519 g/mol. The average Bonchev–Trinajstić information content (AvgIpc) is 2.79. The Kier molecular flexibility index (Phi) is 6.92. The Morgan fingerprint density at radius 2 is 1.86 bits per heavy atom. The van der Waals surface area contributed by atoms with Crippen LogP contribution in [-0.2, 0) is 0 Å². The topological polar surface area (TPSA) is 104 Å². The smallest absolute Gasteiger partial charge is 0.407 e. The van der Waals surface area contributed by atoms with Gasteiger partial charge in [0.2, 0.25) is 0 Å². The maximum Gasteiger partial charge on any atom is 0.407 e. The minimum absolute atomic E-state index is 0.0391. The summed E-state index contributed by atoms with van der Waals surface area (Å²) in [5.74, 6) is 0.558. The van der Waals surface area contributed by atoms with Crippen molar-refractivity contribution in [3.05, 3.63) is 50.2 Å². The predicted molar refractivity (Wildman–Crippen MR) is 138 cm³/mol. The van der Waals surface area contributed by atoms with Crippen LogP contribution in [0.1, 0.15) is 57.7 Å². The second-order valence-electron chi connectivity index (χ2n) is 9.40. The molecule has 0 saturated carbocycles. The molecule has 0 spiro atoms. The van der Waals surface area contributed by atoms with Gasteiger partial charge in [0.1, 0.15) is 11.0 Å². The Labute approximate surface area is 213 Å². The molecule has 3 aromatic rings. The highest BCUT2D eigenvalue weighted by Gasteiger charge is 2.31. The van der Waals surface area contributed by atoms with Crippen LogP contribution in [0.5, 0.6) is 0 Å². The zero-order valence-corrected chi connectivity index (χ0v) is 21.8. The summed E-state index contributed by atoms with van der Waals surface area (Å²) in [5.41, 5.74) is 2.17. The fourth-order valence-corrected chi connectivity index (χ4v) is 4.85. The van der Waals surface area contributed by atoms with Crippen LogP contribution >= 0.6 is 23.2 Å². The predicted octanol–water partition coefficient (Wildman–Crippen LogP) is 4.92. The lowest BCUT2D eigenvalue weighted by Gasteiger charge is -2.39. The number of aromatic nitrogens is 4. The number of hydrogen-bond donors (Lipinski definition) is 1. The van der Waals surface area contributed by atoms with Crippen molar-refractivity contribution in [1.29, 1.82) is 0 Å². The molecule has 186 valence electrons. The molecule has 4 heterocycles. The highest BCUT2D eigenvalue weighted by molar-refractivity contribution is 6.41. The van der Waals surface area contributed by atoms with Crippen molar-refractivity contribution >= 4 is 46.1 Å². The van der Waals surface area contributed by atoms with Gasteiger partial charge in [-0.1, -0.05) is 50.9 Å². The van der Waals surface area contributed by atoms with Gasteiger partial charge in [-0.15, -0.1) is 0 Å². The van der Waals surface area contributed by atoms with Gasteiger partial charge in [0.05, 0.1) is 21.8 Å². The molecule has 11 heteroatoms. The number of pyridine rings is 2. The van der Waals surface area contributed by atoms with Gasteiger partial charge in [-0.25, -0.2) is 19.1 Å².